The van der Waals surface area contributed by atoms with Gasteiger partial charge in [0.05, 0.1) is 0 Å². The number of nitrogens with zero attached hydrogens (tertiary/aromatic N) is 3. The minimum atomic E-state index is 0.865. The summed E-state index contributed by atoms with van der Waals surface area (Å²) in [6.45, 7) is 2.34. The molecule has 0 spiro atoms. The minimum absolute atomic E-state index is 0.865. The summed E-state index contributed by atoms with van der Waals surface area (Å²) >= 11 is 1.68. The molecule has 0 aliphatic carbocycles. The van der Waals surface area contributed by atoms with Gasteiger partial charge in [0.15, 0.2) is 0 Å². The van der Waals surface area contributed by atoms with Crippen molar-refractivity contribution < 1.29 is 0 Å². The maximum Gasteiger partial charge on any atom is 0.203 e. The monoisotopic (exact) mass is 195 g/mol. The summed E-state index contributed by atoms with van der Waals surface area (Å²) in [5.41, 5.74) is 0. The summed E-state index contributed by atoms with van der Waals surface area (Å²) in [5, 5.41) is 0.865. The fourth-order valence-corrected chi connectivity index (χ4v) is 2.29. The summed E-state index contributed by atoms with van der Waals surface area (Å²) < 4.78 is 2.35. The first-order valence-corrected chi connectivity index (χ1v) is 5.42. The molecule has 0 amide bonds. The van der Waals surface area contributed by atoms with Gasteiger partial charge in [0, 0.05) is 25.5 Å². The lowest BCUT2D eigenvalue weighted by atomic mass is 10.2. The van der Waals surface area contributed by atoms with Crippen LogP contribution in [0.5, 0.6) is 0 Å². The smallest absolute Gasteiger partial charge is 0.203 e. The molecule has 0 atom stereocenters. The van der Waals surface area contributed by atoms with Gasteiger partial charge in [-0.05, 0) is 30.9 Å². The fraction of sp³-hybridized carbons (Fsp3) is 0.556. The third-order valence-electron chi connectivity index (χ3n) is 2.07. The topological polar surface area (TPSA) is 29.0 Å². The quantitative estimate of drug-likeness (QED) is 0.533. The summed E-state index contributed by atoms with van der Waals surface area (Å²) in [5.74, 6) is 0. The molecule has 0 aromatic carbocycles. The molecule has 2 heterocycles. The molecule has 0 bridgehead atoms. The minimum Gasteiger partial charge on any atom is -0.244 e. The Kier molecular flexibility index (Phi) is 3.16. The van der Waals surface area contributed by atoms with E-state index in [9.17, 15) is 0 Å². The zero-order valence-corrected chi connectivity index (χ0v) is 8.33. The van der Waals surface area contributed by atoms with Crippen LogP contribution in [0.3, 0.4) is 0 Å². The summed E-state index contributed by atoms with van der Waals surface area (Å²) in [4.78, 5) is 8.37. The molecule has 13 heavy (non-hydrogen) atoms. The van der Waals surface area contributed by atoms with Crippen molar-refractivity contribution in [1.29, 1.82) is 0 Å². The highest BCUT2D eigenvalue weighted by Crippen LogP contribution is 2.22. The average Bonchev–Trinajstić information content (AvgIpc) is 2.21. The van der Waals surface area contributed by atoms with E-state index in [1.54, 1.807) is 24.3 Å². The van der Waals surface area contributed by atoms with Gasteiger partial charge in [-0.1, -0.05) is 6.42 Å². The Morgan fingerprint density at radius 3 is 2.46 bits per heavy atom. The van der Waals surface area contributed by atoms with Crippen molar-refractivity contribution in [2.45, 2.75) is 24.4 Å². The Labute approximate surface area is 82.7 Å². The van der Waals surface area contributed by atoms with Gasteiger partial charge in [-0.3, -0.25) is 0 Å². The van der Waals surface area contributed by atoms with E-state index in [0.29, 0.717) is 0 Å². The van der Waals surface area contributed by atoms with Crippen LogP contribution in [0.2, 0.25) is 0 Å². The van der Waals surface area contributed by atoms with Crippen LogP contribution in [0, 0.1) is 0 Å². The third-order valence-corrected chi connectivity index (χ3v) is 3.07. The Balaban J connectivity index is 1.90. The zero-order chi connectivity index (χ0) is 8.93. The molecule has 1 fully saturated rings. The van der Waals surface area contributed by atoms with Crippen LogP contribution in [0.1, 0.15) is 19.3 Å². The lowest BCUT2D eigenvalue weighted by Gasteiger charge is -2.23. The van der Waals surface area contributed by atoms with E-state index in [2.05, 4.69) is 14.3 Å². The molecule has 2 rings (SSSR count). The van der Waals surface area contributed by atoms with E-state index >= 15 is 0 Å². The highest BCUT2D eigenvalue weighted by atomic mass is 32.2. The van der Waals surface area contributed by atoms with Crippen molar-refractivity contribution in [2.75, 3.05) is 13.1 Å². The second-order valence-corrected chi connectivity index (χ2v) is 4.18. The van der Waals surface area contributed by atoms with E-state index in [1.165, 1.54) is 32.4 Å². The van der Waals surface area contributed by atoms with Gasteiger partial charge in [-0.25, -0.2) is 14.3 Å². The number of rotatable bonds is 2. The van der Waals surface area contributed by atoms with Gasteiger partial charge in [-0.2, -0.15) is 0 Å². The standard InChI is InChI=1S/C9H13N3S/c1-2-7-12(8-3-1)13-9-10-5-4-6-11-9/h4-6H,1-3,7-8H2. The number of aromatic nitrogens is 2. The van der Waals surface area contributed by atoms with Crippen LogP contribution in [-0.4, -0.2) is 27.4 Å². The van der Waals surface area contributed by atoms with Gasteiger partial charge >= 0.3 is 0 Å². The number of hydrogen-bond donors (Lipinski definition) is 0. The normalized spacial score (nSPS) is 18.8. The second kappa shape index (κ2) is 4.58. The average molecular weight is 195 g/mol. The van der Waals surface area contributed by atoms with Crippen molar-refractivity contribution in [1.82, 2.24) is 14.3 Å². The molecule has 1 aromatic heterocycles. The molecule has 1 saturated heterocycles. The van der Waals surface area contributed by atoms with E-state index in [-0.39, 0.29) is 0 Å². The molecule has 0 radical (unpaired) electrons. The lowest BCUT2D eigenvalue weighted by molar-refractivity contribution is 0.379. The molecule has 70 valence electrons. The van der Waals surface area contributed by atoms with E-state index in [4.69, 9.17) is 0 Å². The van der Waals surface area contributed by atoms with Crippen LogP contribution in [-0.2, 0) is 0 Å². The molecule has 1 aromatic rings. The summed E-state index contributed by atoms with van der Waals surface area (Å²) in [6, 6.07) is 1.85. The molecule has 1 aliphatic heterocycles. The maximum atomic E-state index is 4.18. The summed E-state index contributed by atoms with van der Waals surface area (Å²) in [7, 11) is 0. The molecular weight excluding hydrogens is 182 g/mol. The second-order valence-electron chi connectivity index (χ2n) is 3.11. The zero-order valence-electron chi connectivity index (χ0n) is 7.52. The first kappa shape index (κ1) is 8.97. The van der Waals surface area contributed by atoms with Crippen LogP contribution in [0.15, 0.2) is 23.6 Å². The Morgan fingerprint density at radius 1 is 1.08 bits per heavy atom. The van der Waals surface area contributed by atoms with Crippen molar-refractivity contribution in [3.63, 3.8) is 0 Å². The highest BCUT2D eigenvalue weighted by molar-refractivity contribution is 7.96. The van der Waals surface area contributed by atoms with Crippen LogP contribution >= 0.6 is 11.9 Å². The van der Waals surface area contributed by atoms with Crippen LogP contribution in [0.25, 0.3) is 0 Å². The fourth-order valence-electron chi connectivity index (χ4n) is 1.40. The number of hydrogen-bond acceptors (Lipinski definition) is 4. The molecule has 0 saturated carbocycles. The third kappa shape index (κ3) is 2.67. The highest BCUT2D eigenvalue weighted by Gasteiger charge is 2.11. The molecule has 4 heteroatoms. The first-order chi connectivity index (χ1) is 6.45. The Morgan fingerprint density at radius 2 is 1.77 bits per heavy atom. The molecule has 0 unspecified atom stereocenters. The van der Waals surface area contributed by atoms with Crippen molar-refractivity contribution in [3.05, 3.63) is 18.5 Å². The predicted octanol–water partition coefficient (Wildman–Crippen LogP) is 1.97. The molecular formula is C9H13N3S. The first-order valence-electron chi connectivity index (χ1n) is 4.65. The van der Waals surface area contributed by atoms with E-state index in [1.807, 2.05) is 6.07 Å². The van der Waals surface area contributed by atoms with Crippen molar-refractivity contribution in [3.8, 4) is 0 Å². The SMILES string of the molecule is c1cnc(SN2CCCCC2)nc1. The molecule has 1 aliphatic rings. The largest absolute Gasteiger partial charge is 0.244 e. The maximum absolute atomic E-state index is 4.18. The number of piperidine rings is 1. The Hall–Kier alpha value is -0.610. The predicted molar refractivity (Wildman–Crippen MR) is 53.3 cm³/mol. The van der Waals surface area contributed by atoms with Gasteiger partial charge in [0.1, 0.15) is 0 Å². The molecule has 0 N–H and O–H groups in total. The van der Waals surface area contributed by atoms with E-state index < -0.39 is 0 Å². The molecule has 3 nitrogen and oxygen atoms in total. The van der Waals surface area contributed by atoms with E-state index in [0.717, 1.165) is 5.16 Å². The van der Waals surface area contributed by atoms with Gasteiger partial charge in [0.2, 0.25) is 5.16 Å². The van der Waals surface area contributed by atoms with Gasteiger partial charge < -0.3 is 0 Å². The van der Waals surface area contributed by atoms with Gasteiger partial charge in [-0.15, -0.1) is 0 Å². The lowest BCUT2D eigenvalue weighted by Crippen LogP contribution is -2.23. The van der Waals surface area contributed by atoms with Gasteiger partial charge in [0.25, 0.3) is 0 Å². The van der Waals surface area contributed by atoms with Crippen LogP contribution < -0.4 is 0 Å². The Bertz CT molecular complexity index is 246. The van der Waals surface area contributed by atoms with Crippen molar-refractivity contribution in [2.24, 2.45) is 0 Å². The van der Waals surface area contributed by atoms with Crippen molar-refractivity contribution >= 4 is 11.9 Å². The van der Waals surface area contributed by atoms with Crippen LogP contribution in [0.4, 0.5) is 0 Å². The summed E-state index contributed by atoms with van der Waals surface area (Å²) in [6.07, 6.45) is 7.56.